The Hall–Kier alpha value is -0.780. The van der Waals surface area contributed by atoms with Crippen LogP contribution in [-0.2, 0) is 0 Å². The third-order valence-electron chi connectivity index (χ3n) is 1.63. The maximum absolute atomic E-state index is 3.95. The van der Waals surface area contributed by atoms with Crippen LogP contribution in [0.2, 0.25) is 0 Å². The molecule has 0 aromatic heterocycles. The second kappa shape index (κ2) is 2.67. The van der Waals surface area contributed by atoms with Gasteiger partial charge in [0.1, 0.15) is 0 Å². The van der Waals surface area contributed by atoms with Crippen LogP contribution in [0.1, 0.15) is 19.8 Å². The van der Waals surface area contributed by atoms with Crippen LogP contribution in [0.5, 0.6) is 0 Å². The van der Waals surface area contributed by atoms with E-state index in [0.29, 0.717) is 0 Å². The van der Waals surface area contributed by atoms with Gasteiger partial charge >= 0.3 is 0 Å². The Bertz CT molecular complexity index is 170. The molecule has 0 heteroatoms. The molecule has 0 saturated heterocycles. The molecule has 0 unspecified atom stereocenters. The highest BCUT2D eigenvalue weighted by atomic mass is 14.0. The fourth-order valence-electron chi connectivity index (χ4n) is 1.01. The fraction of sp³-hybridized carbons (Fsp3) is 0.333. The Morgan fingerprint density at radius 1 is 1.67 bits per heavy atom. The summed E-state index contributed by atoms with van der Waals surface area (Å²) in [6.45, 7) is 6.11. The van der Waals surface area contributed by atoms with Crippen molar-refractivity contribution < 1.29 is 0 Å². The van der Waals surface area contributed by atoms with Crippen LogP contribution in [0.4, 0.5) is 0 Å². The van der Waals surface area contributed by atoms with Crippen LogP contribution in [0.3, 0.4) is 0 Å². The Morgan fingerprint density at radius 2 is 2.44 bits per heavy atom. The summed E-state index contributed by atoms with van der Waals surface area (Å²) in [4.78, 5) is 0. The molecule has 1 aliphatic rings. The largest absolute Gasteiger partial charge is 0.0952 e. The van der Waals surface area contributed by atoms with E-state index >= 15 is 0 Å². The minimum Gasteiger partial charge on any atom is -0.0952 e. The molecular weight excluding hydrogens is 108 g/mol. The molecule has 0 aromatic rings. The second-order valence-electron chi connectivity index (χ2n) is 2.28. The highest BCUT2D eigenvalue weighted by molar-refractivity contribution is 5.36. The highest BCUT2D eigenvalue weighted by Crippen LogP contribution is 2.19. The standard InChI is InChI=1S/C9H12/c1-3-9-7-5-4-6-8(9)2/h4-5,7H,2-3,6H2,1H3. The first kappa shape index (κ1) is 6.34. The number of hydrogen-bond donors (Lipinski definition) is 0. The van der Waals surface area contributed by atoms with Gasteiger partial charge in [0.05, 0.1) is 0 Å². The molecule has 0 nitrogen and oxygen atoms in total. The van der Waals surface area contributed by atoms with Crippen molar-refractivity contribution in [2.75, 3.05) is 0 Å². The van der Waals surface area contributed by atoms with Gasteiger partial charge < -0.3 is 0 Å². The van der Waals surface area contributed by atoms with E-state index in [1.165, 1.54) is 11.1 Å². The van der Waals surface area contributed by atoms with Crippen LogP contribution in [0.15, 0.2) is 36.0 Å². The molecule has 1 rings (SSSR count). The van der Waals surface area contributed by atoms with E-state index in [9.17, 15) is 0 Å². The van der Waals surface area contributed by atoms with Crippen LogP contribution < -0.4 is 0 Å². The Morgan fingerprint density at radius 3 is 2.89 bits per heavy atom. The first-order valence-corrected chi connectivity index (χ1v) is 3.38. The van der Waals surface area contributed by atoms with Gasteiger partial charge in [0.15, 0.2) is 0 Å². The summed E-state index contributed by atoms with van der Waals surface area (Å²) in [5.41, 5.74) is 2.68. The Kier molecular flexibility index (Phi) is 1.88. The van der Waals surface area contributed by atoms with E-state index in [0.717, 1.165) is 12.8 Å². The molecule has 48 valence electrons. The van der Waals surface area contributed by atoms with Crippen molar-refractivity contribution in [2.24, 2.45) is 0 Å². The molecule has 9 heavy (non-hydrogen) atoms. The first-order valence-electron chi connectivity index (χ1n) is 3.38. The van der Waals surface area contributed by atoms with Crippen molar-refractivity contribution in [1.82, 2.24) is 0 Å². The summed E-state index contributed by atoms with van der Waals surface area (Å²) < 4.78 is 0. The molecule has 0 N–H and O–H groups in total. The fourth-order valence-corrected chi connectivity index (χ4v) is 1.01. The molecule has 1 aliphatic carbocycles. The van der Waals surface area contributed by atoms with Crippen molar-refractivity contribution in [1.29, 1.82) is 0 Å². The summed E-state index contributed by atoms with van der Waals surface area (Å²) in [7, 11) is 0. The van der Waals surface area contributed by atoms with E-state index in [1.54, 1.807) is 0 Å². The van der Waals surface area contributed by atoms with Crippen molar-refractivity contribution in [3.8, 4) is 0 Å². The zero-order valence-corrected chi connectivity index (χ0v) is 5.85. The van der Waals surface area contributed by atoms with Gasteiger partial charge in [-0.05, 0) is 24.0 Å². The van der Waals surface area contributed by atoms with Crippen LogP contribution in [-0.4, -0.2) is 0 Å². The summed E-state index contributed by atoms with van der Waals surface area (Å²) in [6, 6.07) is 0. The Labute approximate surface area is 56.6 Å². The van der Waals surface area contributed by atoms with E-state index in [2.05, 4.69) is 31.7 Å². The molecule has 0 amide bonds. The molecule has 0 heterocycles. The maximum Gasteiger partial charge on any atom is -0.00975 e. The minimum atomic E-state index is 1.04. The molecule has 0 fully saturated rings. The van der Waals surface area contributed by atoms with E-state index in [4.69, 9.17) is 0 Å². The van der Waals surface area contributed by atoms with Crippen molar-refractivity contribution in [3.63, 3.8) is 0 Å². The lowest BCUT2D eigenvalue weighted by Gasteiger charge is -2.08. The zero-order valence-electron chi connectivity index (χ0n) is 5.85. The lowest BCUT2D eigenvalue weighted by Crippen LogP contribution is -1.88. The summed E-state index contributed by atoms with van der Waals surface area (Å²) in [6.07, 6.45) is 8.55. The second-order valence-corrected chi connectivity index (χ2v) is 2.28. The summed E-state index contributed by atoms with van der Waals surface area (Å²) >= 11 is 0. The number of allylic oxidation sites excluding steroid dienone is 5. The smallest absolute Gasteiger partial charge is 0.00975 e. The summed E-state index contributed by atoms with van der Waals surface area (Å²) in [5.74, 6) is 0. The van der Waals surface area contributed by atoms with Gasteiger partial charge in [-0.15, -0.1) is 0 Å². The molecule has 0 atom stereocenters. The molecule has 0 aromatic carbocycles. The van der Waals surface area contributed by atoms with Gasteiger partial charge in [-0.3, -0.25) is 0 Å². The van der Waals surface area contributed by atoms with Crippen molar-refractivity contribution >= 4 is 0 Å². The number of rotatable bonds is 1. The van der Waals surface area contributed by atoms with E-state index in [-0.39, 0.29) is 0 Å². The maximum atomic E-state index is 3.95. The molecule has 0 aliphatic heterocycles. The van der Waals surface area contributed by atoms with Gasteiger partial charge in [-0.25, -0.2) is 0 Å². The molecule has 0 radical (unpaired) electrons. The van der Waals surface area contributed by atoms with Gasteiger partial charge in [-0.1, -0.05) is 31.7 Å². The molecule has 0 bridgehead atoms. The van der Waals surface area contributed by atoms with Gasteiger partial charge in [0.2, 0.25) is 0 Å². The highest BCUT2D eigenvalue weighted by Gasteiger charge is 1.99. The molecule has 0 spiro atoms. The van der Waals surface area contributed by atoms with Gasteiger partial charge in [-0.2, -0.15) is 0 Å². The quantitative estimate of drug-likeness (QED) is 0.499. The first-order chi connectivity index (χ1) is 4.34. The van der Waals surface area contributed by atoms with E-state index in [1.807, 2.05) is 0 Å². The van der Waals surface area contributed by atoms with Crippen LogP contribution >= 0.6 is 0 Å². The lowest BCUT2D eigenvalue weighted by atomic mass is 9.98. The number of hydrogen-bond acceptors (Lipinski definition) is 0. The third kappa shape index (κ3) is 1.32. The molecular formula is C9H12. The van der Waals surface area contributed by atoms with Crippen LogP contribution in [0, 0.1) is 0 Å². The monoisotopic (exact) mass is 120 g/mol. The topological polar surface area (TPSA) is 0 Å². The van der Waals surface area contributed by atoms with Gasteiger partial charge in [0, 0.05) is 0 Å². The Balaban J connectivity index is 2.74. The third-order valence-corrected chi connectivity index (χ3v) is 1.63. The normalized spacial score (nSPS) is 17.9. The predicted molar refractivity (Wildman–Crippen MR) is 41.3 cm³/mol. The van der Waals surface area contributed by atoms with Crippen LogP contribution in [0.25, 0.3) is 0 Å². The van der Waals surface area contributed by atoms with Crippen molar-refractivity contribution in [2.45, 2.75) is 19.8 Å². The SMILES string of the molecule is C=C1CC=CC=C1CC. The minimum absolute atomic E-state index is 1.04. The molecule has 0 saturated carbocycles. The van der Waals surface area contributed by atoms with E-state index < -0.39 is 0 Å². The van der Waals surface area contributed by atoms with Crippen molar-refractivity contribution in [3.05, 3.63) is 36.0 Å². The lowest BCUT2D eigenvalue weighted by molar-refractivity contribution is 1.06. The average Bonchev–Trinajstić information content (AvgIpc) is 1.89. The summed E-state index contributed by atoms with van der Waals surface area (Å²) in [5, 5.41) is 0. The van der Waals surface area contributed by atoms with Gasteiger partial charge in [0.25, 0.3) is 0 Å². The predicted octanol–water partition coefficient (Wildman–Crippen LogP) is 2.84. The zero-order chi connectivity index (χ0) is 6.69. The average molecular weight is 120 g/mol.